The van der Waals surface area contributed by atoms with Crippen molar-refractivity contribution < 1.29 is 9.53 Å². The maximum atomic E-state index is 13.1. The first-order valence-electron chi connectivity index (χ1n) is 9.82. The Bertz CT molecular complexity index is 1040. The molecule has 4 heterocycles. The van der Waals surface area contributed by atoms with Gasteiger partial charge in [0.1, 0.15) is 5.75 Å². The summed E-state index contributed by atoms with van der Waals surface area (Å²) in [6.45, 7) is 2.14. The van der Waals surface area contributed by atoms with Crippen LogP contribution in [-0.2, 0) is 6.42 Å². The number of amides is 1. The van der Waals surface area contributed by atoms with E-state index in [-0.39, 0.29) is 5.91 Å². The lowest BCUT2D eigenvalue weighted by atomic mass is 10.0. The molecule has 1 N–H and O–H groups in total. The molecule has 150 valence electrons. The highest BCUT2D eigenvalue weighted by Crippen LogP contribution is 2.40. The second kappa shape index (κ2) is 7.27. The van der Waals surface area contributed by atoms with E-state index < -0.39 is 0 Å². The molecule has 2 aliphatic heterocycles. The Morgan fingerprint density at radius 3 is 3.00 bits per heavy atom. The number of hydrogen-bond donors (Lipinski definition) is 1. The van der Waals surface area contributed by atoms with Gasteiger partial charge in [-0.15, -0.1) is 11.3 Å². The van der Waals surface area contributed by atoms with Crippen molar-refractivity contribution in [2.24, 2.45) is 0 Å². The topological polar surface area (TPSA) is 74.3 Å². The summed E-state index contributed by atoms with van der Waals surface area (Å²) in [6.07, 6.45) is 5.43. The van der Waals surface area contributed by atoms with Gasteiger partial charge in [-0.05, 0) is 38.2 Å². The molecule has 1 fully saturated rings. The van der Waals surface area contributed by atoms with E-state index >= 15 is 0 Å². The highest BCUT2D eigenvalue weighted by molar-refractivity contribution is 7.14. The van der Waals surface area contributed by atoms with Crippen LogP contribution in [0.5, 0.6) is 5.75 Å². The summed E-state index contributed by atoms with van der Waals surface area (Å²) in [6, 6.07) is 6.53. The molecule has 5 rings (SSSR count). The smallest absolute Gasteiger partial charge is 0.282 e. The first kappa shape index (κ1) is 18.3. The van der Waals surface area contributed by atoms with Crippen LogP contribution in [0.3, 0.4) is 0 Å². The van der Waals surface area contributed by atoms with Crippen molar-refractivity contribution in [1.82, 2.24) is 25.0 Å². The number of nitrogens with zero attached hydrogens (tertiary/aromatic N) is 4. The first-order chi connectivity index (χ1) is 14.1. The first-order valence-corrected chi connectivity index (χ1v) is 10.6. The third-order valence-corrected chi connectivity index (χ3v) is 6.82. The van der Waals surface area contributed by atoms with Gasteiger partial charge in [0.2, 0.25) is 0 Å². The number of thiazole rings is 1. The monoisotopic (exact) mass is 409 g/mol. The summed E-state index contributed by atoms with van der Waals surface area (Å²) >= 11 is 1.51. The van der Waals surface area contributed by atoms with Crippen LogP contribution < -0.4 is 4.74 Å². The van der Waals surface area contributed by atoms with E-state index in [1.165, 1.54) is 11.3 Å². The van der Waals surface area contributed by atoms with E-state index in [0.29, 0.717) is 17.7 Å². The quantitative estimate of drug-likeness (QED) is 0.720. The van der Waals surface area contributed by atoms with Gasteiger partial charge >= 0.3 is 0 Å². The molecular weight excluding hydrogens is 386 g/mol. The standard InChI is InChI=1S/C21H23N5O2S/c1-25(2)15-5-7-26(12-15)21(27)20-24-19-16-4-3-13(14-10-22-23-11-14)9-17(16)28-8-6-18(19)29-20/h3-4,9-11,15H,5-8,12H2,1-2H3,(H,22,23). The number of aromatic nitrogens is 3. The Kier molecular flexibility index (Phi) is 4.60. The highest BCUT2D eigenvalue weighted by Gasteiger charge is 2.31. The normalized spacial score (nSPS) is 18.3. The van der Waals surface area contributed by atoms with Gasteiger partial charge in [0.05, 0.1) is 18.5 Å². The number of likely N-dealkylation sites (N-methyl/N-ethyl adjacent to an activating group) is 1. The van der Waals surface area contributed by atoms with Crippen molar-refractivity contribution in [3.05, 3.63) is 40.5 Å². The minimum atomic E-state index is 0.0462. The summed E-state index contributed by atoms with van der Waals surface area (Å²) in [5.41, 5.74) is 3.89. The summed E-state index contributed by atoms with van der Waals surface area (Å²) in [5.74, 6) is 0.852. The Hall–Kier alpha value is -2.71. The van der Waals surface area contributed by atoms with Crippen molar-refractivity contribution in [2.75, 3.05) is 33.8 Å². The van der Waals surface area contributed by atoms with Crippen molar-refractivity contribution >= 4 is 17.2 Å². The highest BCUT2D eigenvalue weighted by atomic mass is 32.1. The molecule has 1 unspecified atom stereocenters. The average molecular weight is 410 g/mol. The second-order valence-electron chi connectivity index (χ2n) is 7.74. The van der Waals surface area contributed by atoms with Crippen LogP contribution in [0, 0.1) is 0 Å². The van der Waals surface area contributed by atoms with Gasteiger partial charge in [0.25, 0.3) is 5.91 Å². The van der Waals surface area contributed by atoms with E-state index in [4.69, 9.17) is 9.72 Å². The van der Waals surface area contributed by atoms with Crippen LogP contribution >= 0.6 is 11.3 Å². The molecule has 0 bridgehead atoms. The molecule has 2 aromatic heterocycles. The minimum Gasteiger partial charge on any atom is -0.492 e. The van der Waals surface area contributed by atoms with Crippen molar-refractivity contribution in [2.45, 2.75) is 18.9 Å². The molecule has 8 heteroatoms. The van der Waals surface area contributed by atoms with E-state index in [2.05, 4.69) is 29.2 Å². The molecule has 0 radical (unpaired) electrons. The van der Waals surface area contributed by atoms with Crippen LogP contribution in [0.2, 0.25) is 0 Å². The SMILES string of the molecule is CN(C)C1CCN(C(=O)c2nc3c(s2)CCOc2cc(-c4cn[nH]c4)ccc2-3)C1. The molecule has 2 aliphatic rings. The minimum absolute atomic E-state index is 0.0462. The lowest BCUT2D eigenvalue weighted by molar-refractivity contribution is 0.0782. The van der Waals surface area contributed by atoms with Crippen LogP contribution in [-0.4, -0.2) is 70.7 Å². The summed E-state index contributed by atoms with van der Waals surface area (Å²) in [7, 11) is 4.14. The molecule has 0 aliphatic carbocycles. The fraction of sp³-hybridized carbons (Fsp3) is 0.381. The maximum absolute atomic E-state index is 13.1. The number of aromatic amines is 1. The van der Waals surface area contributed by atoms with Gasteiger partial charge in [-0.2, -0.15) is 5.10 Å². The van der Waals surface area contributed by atoms with Crippen LogP contribution in [0.4, 0.5) is 0 Å². The number of likely N-dealkylation sites (tertiary alicyclic amines) is 1. The third kappa shape index (κ3) is 3.32. The summed E-state index contributed by atoms with van der Waals surface area (Å²) < 4.78 is 6.00. The summed E-state index contributed by atoms with van der Waals surface area (Å²) in [4.78, 5) is 23.1. The van der Waals surface area contributed by atoms with Crippen LogP contribution in [0.1, 0.15) is 21.1 Å². The van der Waals surface area contributed by atoms with E-state index in [1.807, 2.05) is 29.3 Å². The zero-order valence-electron chi connectivity index (χ0n) is 16.5. The molecule has 0 saturated carbocycles. The zero-order valence-corrected chi connectivity index (χ0v) is 17.3. The molecule has 1 aromatic carbocycles. The number of nitrogens with one attached hydrogen (secondary N) is 1. The number of rotatable bonds is 3. The van der Waals surface area contributed by atoms with Crippen LogP contribution in [0.25, 0.3) is 22.4 Å². The number of benzene rings is 1. The molecule has 1 amide bonds. The number of H-pyrrole nitrogens is 1. The lowest BCUT2D eigenvalue weighted by Crippen LogP contribution is -2.34. The van der Waals surface area contributed by atoms with Gasteiger partial charge in [-0.25, -0.2) is 4.98 Å². The number of fused-ring (bicyclic) bond motifs is 3. The predicted octanol–water partition coefficient (Wildman–Crippen LogP) is 2.91. The fourth-order valence-corrected chi connectivity index (χ4v) is 5.01. The molecular formula is C21H23N5O2S. The molecule has 0 spiro atoms. The Morgan fingerprint density at radius 2 is 2.24 bits per heavy atom. The maximum Gasteiger partial charge on any atom is 0.282 e. The molecule has 1 saturated heterocycles. The summed E-state index contributed by atoms with van der Waals surface area (Å²) in [5, 5.41) is 7.45. The lowest BCUT2D eigenvalue weighted by Gasteiger charge is -2.19. The number of carbonyl (C=O) groups is 1. The van der Waals surface area contributed by atoms with E-state index in [9.17, 15) is 4.79 Å². The van der Waals surface area contributed by atoms with Crippen molar-refractivity contribution in [1.29, 1.82) is 0 Å². The number of carbonyl (C=O) groups excluding carboxylic acids is 1. The largest absolute Gasteiger partial charge is 0.492 e. The van der Waals surface area contributed by atoms with E-state index in [1.54, 1.807) is 6.20 Å². The van der Waals surface area contributed by atoms with Crippen molar-refractivity contribution in [3.8, 4) is 28.1 Å². The third-order valence-electron chi connectivity index (χ3n) is 5.72. The molecule has 1 atom stereocenters. The van der Waals surface area contributed by atoms with Gasteiger partial charge in [-0.3, -0.25) is 9.89 Å². The predicted molar refractivity (Wildman–Crippen MR) is 112 cm³/mol. The molecule has 29 heavy (non-hydrogen) atoms. The Labute approximate surface area is 173 Å². The van der Waals surface area contributed by atoms with E-state index in [0.717, 1.165) is 58.9 Å². The number of ether oxygens (including phenoxy) is 1. The Morgan fingerprint density at radius 1 is 1.34 bits per heavy atom. The Balaban J connectivity index is 1.45. The number of hydrogen-bond acceptors (Lipinski definition) is 6. The van der Waals surface area contributed by atoms with Crippen molar-refractivity contribution in [3.63, 3.8) is 0 Å². The van der Waals surface area contributed by atoms with Crippen LogP contribution in [0.15, 0.2) is 30.6 Å². The average Bonchev–Trinajstić information content (AvgIpc) is 3.46. The second-order valence-corrected chi connectivity index (χ2v) is 8.83. The van der Waals surface area contributed by atoms with Gasteiger partial charge in [0.15, 0.2) is 5.01 Å². The fourth-order valence-electron chi connectivity index (χ4n) is 3.99. The van der Waals surface area contributed by atoms with Gasteiger partial charge in [-0.1, -0.05) is 6.07 Å². The van der Waals surface area contributed by atoms with Gasteiger partial charge < -0.3 is 14.5 Å². The molecule has 7 nitrogen and oxygen atoms in total. The molecule has 3 aromatic rings. The van der Waals surface area contributed by atoms with Gasteiger partial charge in [0, 0.05) is 47.8 Å². The zero-order chi connectivity index (χ0) is 20.0.